The smallest absolute Gasteiger partial charge is 0.387 e. The zero-order valence-corrected chi connectivity index (χ0v) is 15.5. The molecular formula is C20H20F3N3O3. The summed E-state index contributed by atoms with van der Waals surface area (Å²) in [6, 6.07) is 11.3. The Hall–Kier alpha value is -3.07. The SMILES string of the molecule is O=C(CN1CCN(C(=O)c2ccc(F)cc2)CC1)Nc1ccccc1OC(F)F. The molecule has 2 aromatic rings. The highest BCUT2D eigenvalue weighted by molar-refractivity contribution is 5.95. The Morgan fingerprint density at radius 1 is 1.00 bits per heavy atom. The van der Waals surface area contributed by atoms with Gasteiger partial charge in [-0.15, -0.1) is 0 Å². The second-order valence-electron chi connectivity index (χ2n) is 6.50. The van der Waals surface area contributed by atoms with E-state index in [2.05, 4.69) is 10.1 Å². The van der Waals surface area contributed by atoms with E-state index in [0.29, 0.717) is 31.7 Å². The van der Waals surface area contributed by atoms with E-state index in [9.17, 15) is 22.8 Å². The van der Waals surface area contributed by atoms with Crippen molar-refractivity contribution in [1.29, 1.82) is 0 Å². The highest BCUT2D eigenvalue weighted by atomic mass is 19.3. The summed E-state index contributed by atoms with van der Waals surface area (Å²) < 4.78 is 42.3. The van der Waals surface area contributed by atoms with Crippen LogP contribution in [0.1, 0.15) is 10.4 Å². The lowest BCUT2D eigenvalue weighted by molar-refractivity contribution is -0.117. The molecule has 154 valence electrons. The molecule has 1 aliphatic rings. The van der Waals surface area contributed by atoms with Gasteiger partial charge in [-0.2, -0.15) is 8.78 Å². The fraction of sp³-hybridized carbons (Fsp3) is 0.300. The Labute approximate surface area is 165 Å². The van der Waals surface area contributed by atoms with E-state index < -0.39 is 12.4 Å². The van der Waals surface area contributed by atoms with Crippen LogP contribution in [0.4, 0.5) is 18.9 Å². The van der Waals surface area contributed by atoms with Gasteiger partial charge >= 0.3 is 6.61 Å². The summed E-state index contributed by atoms with van der Waals surface area (Å²) in [4.78, 5) is 28.2. The molecule has 0 aromatic heterocycles. The van der Waals surface area contributed by atoms with Crippen molar-refractivity contribution in [3.05, 3.63) is 59.9 Å². The molecule has 1 saturated heterocycles. The number of benzene rings is 2. The summed E-state index contributed by atoms with van der Waals surface area (Å²) in [5.41, 5.74) is 0.580. The highest BCUT2D eigenvalue weighted by Gasteiger charge is 2.23. The first-order valence-corrected chi connectivity index (χ1v) is 9.03. The number of para-hydroxylation sites is 2. The molecular weight excluding hydrogens is 387 g/mol. The quantitative estimate of drug-likeness (QED) is 0.800. The van der Waals surface area contributed by atoms with Gasteiger partial charge in [-0.25, -0.2) is 4.39 Å². The van der Waals surface area contributed by atoms with Crippen molar-refractivity contribution in [1.82, 2.24) is 9.80 Å². The summed E-state index contributed by atoms with van der Waals surface area (Å²) >= 11 is 0. The number of rotatable bonds is 6. The van der Waals surface area contributed by atoms with Crippen LogP contribution in [0.15, 0.2) is 48.5 Å². The van der Waals surface area contributed by atoms with Crippen molar-refractivity contribution >= 4 is 17.5 Å². The van der Waals surface area contributed by atoms with Crippen molar-refractivity contribution < 1.29 is 27.5 Å². The number of carbonyl (C=O) groups excluding carboxylic acids is 2. The van der Waals surface area contributed by atoms with Crippen LogP contribution in [0.5, 0.6) is 5.75 Å². The molecule has 29 heavy (non-hydrogen) atoms. The molecule has 0 atom stereocenters. The number of amides is 2. The zero-order chi connectivity index (χ0) is 20.8. The molecule has 1 fully saturated rings. The molecule has 1 heterocycles. The average Bonchev–Trinajstić information content (AvgIpc) is 2.70. The maximum absolute atomic E-state index is 13.0. The van der Waals surface area contributed by atoms with Crippen LogP contribution >= 0.6 is 0 Å². The van der Waals surface area contributed by atoms with Crippen molar-refractivity contribution in [2.24, 2.45) is 0 Å². The van der Waals surface area contributed by atoms with Gasteiger partial charge in [0.25, 0.3) is 5.91 Å². The lowest BCUT2D eigenvalue weighted by atomic mass is 10.2. The van der Waals surface area contributed by atoms with Crippen LogP contribution in [0.3, 0.4) is 0 Å². The number of nitrogens with zero attached hydrogens (tertiary/aromatic N) is 2. The van der Waals surface area contributed by atoms with Crippen LogP contribution in [0.2, 0.25) is 0 Å². The Kier molecular flexibility index (Phi) is 6.71. The molecule has 1 N–H and O–H groups in total. The number of hydrogen-bond donors (Lipinski definition) is 1. The van der Waals surface area contributed by atoms with E-state index in [-0.39, 0.29) is 29.8 Å². The first kappa shape index (κ1) is 20.7. The molecule has 2 aromatic carbocycles. The number of carbonyl (C=O) groups is 2. The van der Waals surface area contributed by atoms with Crippen molar-refractivity contribution in [3.63, 3.8) is 0 Å². The molecule has 0 saturated carbocycles. The van der Waals surface area contributed by atoms with Gasteiger partial charge < -0.3 is 15.0 Å². The van der Waals surface area contributed by atoms with Crippen LogP contribution in [-0.4, -0.2) is 60.9 Å². The second kappa shape index (κ2) is 9.42. The van der Waals surface area contributed by atoms with Crippen molar-refractivity contribution in [2.45, 2.75) is 6.61 Å². The number of alkyl halides is 2. The lowest BCUT2D eigenvalue weighted by Gasteiger charge is -2.34. The minimum absolute atomic E-state index is 0.0571. The van der Waals surface area contributed by atoms with E-state index in [4.69, 9.17) is 0 Å². The molecule has 0 bridgehead atoms. The van der Waals surface area contributed by atoms with Gasteiger partial charge in [0, 0.05) is 31.7 Å². The summed E-state index contributed by atoms with van der Waals surface area (Å²) in [5.74, 6) is -1.07. The maximum Gasteiger partial charge on any atom is 0.387 e. The van der Waals surface area contributed by atoms with Crippen LogP contribution in [0.25, 0.3) is 0 Å². The number of halogens is 3. The zero-order valence-electron chi connectivity index (χ0n) is 15.5. The van der Waals surface area contributed by atoms with E-state index in [1.807, 2.05) is 4.90 Å². The van der Waals surface area contributed by atoms with Gasteiger partial charge in [0.1, 0.15) is 11.6 Å². The Bertz CT molecular complexity index is 854. The number of piperazine rings is 1. The van der Waals surface area contributed by atoms with Crippen LogP contribution in [-0.2, 0) is 4.79 Å². The van der Waals surface area contributed by atoms with Gasteiger partial charge in [-0.1, -0.05) is 12.1 Å². The van der Waals surface area contributed by atoms with Gasteiger partial charge in [0.15, 0.2) is 0 Å². The summed E-state index contributed by atoms with van der Waals surface area (Å²) in [6.07, 6.45) is 0. The van der Waals surface area contributed by atoms with Gasteiger partial charge in [0.05, 0.1) is 12.2 Å². The second-order valence-corrected chi connectivity index (χ2v) is 6.50. The average molecular weight is 407 g/mol. The third kappa shape index (κ3) is 5.71. The number of ether oxygens (including phenoxy) is 1. The van der Waals surface area contributed by atoms with E-state index >= 15 is 0 Å². The Morgan fingerprint density at radius 2 is 1.66 bits per heavy atom. The minimum atomic E-state index is -2.99. The van der Waals surface area contributed by atoms with E-state index in [0.717, 1.165) is 0 Å². The monoisotopic (exact) mass is 407 g/mol. The molecule has 3 rings (SSSR count). The standard InChI is InChI=1S/C20H20F3N3O3/c21-15-7-5-14(6-8-15)19(28)26-11-9-25(10-12-26)13-18(27)24-16-3-1-2-4-17(16)29-20(22)23/h1-8,20H,9-13H2,(H,24,27). The van der Waals surface area contributed by atoms with Gasteiger partial charge in [-0.3, -0.25) is 14.5 Å². The van der Waals surface area contributed by atoms with Crippen molar-refractivity contribution in [2.75, 3.05) is 38.0 Å². The molecule has 1 aliphatic heterocycles. The molecule has 6 nitrogen and oxygen atoms in total. The first-order valence-electron chi connectivity index (χ1n) is 9.03. The first-order chi connectivity index (χ1) is 13.9. The van der Waals surface area contributed by atoms with Crippen LogP contribution < -0.4 is 10.1 Å². The van der Waals surface area contributed by atoms with Gasteiger partial charge in [0.2, 0.25) is 5.91 Å². The number of hydrogen-bond acceptors (Lipinski definition) is 4. The molecule has 0 aliphatic carbocycles. The molecule has 0 radical (unpaired) electrons. The predicted molar refractivity (Wildman–Crippen MR) is 100 cm³/mol. The van der Waals surface area contributed by atoms with Gasteiger partial charge in [-0.05, 0) is 36.4 Å². The lowest BCUT2D eigenvalue weighted by Crippen LogP contribution is -2.50. The predicted octanol–water partition coefficient (Wildman–Crippen LogP) is 2.82. The van der Waals surface area contributed by atoms with E-state index in [1.165, 1.54) is 42.5 Å². The topological polar surface area (TPSA) is 61.9 Å². The summed E-state index contributed by atoms with van der Waals surface area (Å²) in [6.45, 7) is -1.12. The van der Waals surface area contributed by atoms with Crippen molar-refractivity contribution in [3.8, 4) is 5.75 Å². The van der Waals surface area contributed by atoms with E-state index in [1.54, 1.807) is 11.0 Å². The Morgan fingerprint density at radius 3 is 2.31 bits per heavy atom. The fourth-order valence-corrected chi connectivity index (χ4v) is 3.05. The largest absolute Gasteiger partial charge is 0.433 e. The molecule has 0 unspecified atom stereocenters. The third-order valence-electron chi connectivity index (χ3n) is 4.50. The van der Waals surface area contributed by atoms with Crippen LogP contribution in [0, 0.1) is 5.82 Å². The third-order valence-corrected chi connectivity index (χ3v) is 4.50. The normalized spacial score (nSPS) is 14.7. The maximum atomic E-state index is 13.0. The minimum Gasteiger partial charge on any atom is -0.433 e. The fourth-order valence-electron chi connectivity index (χ4n) is 3.05. The highest BCUT2D eigenvalue weighted by Crippen LogP contribution is 2.25. The Balaban J connectivity index is 1.50. The number of nitrogens with one attached hydrogen (secondary N) is 1. The molecule has 9 heteroatoms. The summed E-state index contributed by atoms with van der Waals surface area (Å²) in [5, 5.41) is 2.57. The molecule has 0 spiro atoms. The summed E-state index contributed by atoms with van der Waals surface area (Å²) in [7, 11) is 0. The number of anilines is 1. The molecule has 2 amide bonds.